The van der Waals surface area contributed by atoms with E-state index in [0.717, 1.165) is 11.1 Å². The molecule has 134 valence electrons. The van der Waals surface area contributed by atoms with Gasteiger partial charge >= 0.3 is 6.09 Å². The number of rotatable bonds is 8. The summed E-state index contributed by atoms with van der Waals surface area (Å²) in [4.78, 5) is 13.1. The Morgan fingerprint density at radius 2 is 1.88 bits per heavy atom. The number of aliphatic hydroxyl groups excluding tert-OH is 1. The van der Waals surface area contributed by atoms with Crippen molar-refractivity contribution in [2.75, 3.05) is 13.2 Å². The Labute approximate surface area is 144 Å². The topological polar surface area (TPSA) is 70.0 Å². The van der Waals surface area contributed by atoms with Crippen molar-refractivity contribution in [3.05, 3.63) is 42.0 Å². The van der Waals surface area contributed by atoms with Crippen molar-refractivity contribution in [3.8, 4) is 0 Å². The third kappa shape index (κ3) is 5.57. The Bertz CT molecular complexity index is 545. The van der Waals surface area contributed by atoms with Gasteiger partial charge in [0.15, 0.2) is 0 Å². The Kier molecular flexibility index (Phi) is 7.29. The highest BCUT2D eigenvalue weighted by Gasteiger charge is 2.32. The quantitative estimate of drug-likeness (QED) is 0.710. The lowest BCUT2D eigenvalue weighted by atomic mass is 9.96. The molecule has 1 amide bonds. The Morgan fingerprint density at radius 1 is 1.29 bits per heavy atom. The fraction of sp³-hybridized carbons (Fsp3) is 0.526. The van der Waals surface area contributed by atoms with Crippen molar-refractivity contribution in [3.63, 3.8) is 0 Å². The highest BCUT2D eigenvalue weighted by Crippen LogP contribution is 2.23. The van der Waals surface area contributed by atoms with Crippen LogP contribution in [0.25, 0.3) is 5.76 Å². The zero-order valence-corrected chi connectivity index (χ0v) is 15.1. The molecule has 0 spiro atoms. The van der Waals surface area contributed by atoms with E-state index in [2.05, 4.69) is 6.58 Å². The maximum Gasteiger partial charge on any atom is 0.407 e. The first-order valence-corrected chi connectivity index (χ1v) is 8.24. The second-order valence-corrected chi connectivity index (χ2v) is 6.75. The van der Waals surface area contributed by atoms with E-state index in [9.17, 15) is 15.0 Å². The predicted molar refractivity (Wildman–Crippen MR) is 95.9 cm³/mol. The number of carbonyl (C=O) groups is 1. The van der Waals surface area contributed by atoms with E-state index in [4.69, 9.17) is 4.74 Å². The number of hydrogen-bond donors (Lipinski definition) is 2. The molecule has 0 saturated carbocycles. The van der Waals surface area contributed by atoms with Crippen LogP contribution in [-0.2, 0) is 11.2 Å². The van der Waals surface area contributed by atoms with E-state index in [-0.39, 0.29) is 12.6 Å². The van der Waals surface area contributed by atoms with Crippen molar-refractivity contribution >= 4 is 11.9 Å². The number of ether oxygens (including phenoxy) is 1. The molecule has 5 nitrogen and oxygen atoms in total. The van der Waals surface area contributed by atoms with Gasteiger partial charge in [-0.3, -0.25) is 0 Å². The number of nitrogens with zero attached hydrogens (tertiary/aromatic N) is 1. The van der Waals surface area contributed by atoms with Gasteiger partial charge in [-0.15, -0.1) is 0 Å². The zero-order chi connectivity index (χ0) is 18.3. The summed E-state index contributed by atoms with van der Waals surface area (Å²) >= 11 is 0. The number of hydrogen-bond acceptors (Lipinski definition) is 3. The van der Waals surface area contributed by atoms with E-state index in [0.29, 0.717) is 25.2 Å². The summed E-state index contributed by atoms with van der Waals surface area (Å²) < 4.78 is 5.39. The van der Waals surface area contributed by atoms with Crippen LogP contribution < -0.4 is 0 Å². The summed E-state index contributed by atoms with van der Waals surface area (Å²) in [7, 11) is 0. The molecule has 0 aliphatic rings. The van der Waals surface area contributed by atoms with Crippen molar-refractivity contribution in [1.82, 2.24) is 4.90 Å². The largest absolute Gasteiger partial charge is 0.494 e. The minimum Gasteiger partial charge on any atom is -0.494 e. The molecular weight excluding hydrogens is 306 g/mol. The second kappa shape index (κ2) is 8.73. The summed E-state index contributed by atoms with van der Waals surface area (Å²) in [6, 6.07) is 7.46. The minimum atomic E-state index is -0.970. The van der Waals surface area contributed by atoms with Gasteiger partial charge in [0.2, 0.25) is 0 Å². The van der Waals surface area contributed by atoms with Crippen LogP contribution in [0.15, 0.2) is 30.8 Å². The maximum absolute atomic E-state index is 11.7. The summed E-state index contributed by atoms with van der Waals surface area (Å²) in [5, 5.41) is 18.9. The monoisotopic (exact) mass is 335 g/mol. The highest BCUT2D eigenvalue weighted by molar-refractivity contribution is 5.66. The summed E-state index contributed by atoms with van der Waals surface area (Å²) in [5.41, 5.74) is 1.39. The van der Waals surface area contributed by atoms with Crippen LogP contribution in [0.1, 0.15) is 45.2 Å². The summed E-state index contributed by atoms with van der Waals surface area (Å²) in [6.07, 6.45) is -0.0232. The normalized spacial score (nSPS) is 12.5. The van der Waals surface area contributed by atoms with Crippen LogP contribution in [0.5, 0.6) is 0 Å². The zero-order valence-electron chi connectivity index (χ0n) is 15.1. The molecule has 0 unspecified atom stereocenters. The number of aliphatic hydroxyl groups is 1. The van der Waals surface area contributed by atoms with Crippen LogP contribution in [0.4, 0.5) is 4.79 Å². The fourth-order valence-electron chi connectivity index (χ4n) is 2.82. The van der Waals surface area contributed by atoms with Gasteiger partial charge in [0, 0.05) is 23.8 Å². The molecule has 0 aliphatic heterocycles. The molecule has 24 heavy (non-hydrogen) atoms. The van der Waals surface area contributed by atoms with Gasteiger partial charge in [0.1, 0.15) is 5.76 Å². The van der Waals surface area contributed by atoms with Crippen molar-refractivity contribution in [2.45, 2.75) is 52.1 Å². The molecule has 5 heteroatoms. The lowest BCUT2D eigenvalue weighted by Crippen LogP contribution is -2.52. The molecule has 0 radical (unpaired) electrons. The van der Waals surface area contributed by atoms with Crippen LogP contribution in [0, 0.1) is 0 Å². The molecule has 1 atom stereocenters. The third-order valence-corrected chi connectivity index (χ3v) is 3.82. The first-order chi connectivity index (χ1) is 11.2. The maximum atomic E-state index is 11.7. The van der Waals surface area contributed by atoms with E-state index in [1.54, 1.807) is 0 Å². The van der Waals surface area contributed by atoms with Crippen LogP contribution in [0.2, 0.25) is 0 Å². The van der Waals surface area contributed by atoms with Gasteiger partial charge in [0.25, 0.3) is 0 Å². The summed E-state index contributed by atoms with van der Waals surface area (Å²) in [6.45, 7) is 11.9. The first-order valence-electron chi connectivity index (χ1n) is 8.24. The first kappa shape index (κ1) is 20.0. The number of benzene rings is 1. The smallest absolute Gasteiger partial charge is 0.407 e. The molecule has 0 aliphatic carbocycles. The fourth-order valence-corrected chi connectivity index (χ4v) is 2.82. The van der Waals surface area contributed by atoms with Gasteiger partial charge in [-0.2, -0.15) is 0 Å². The van der Waals surface area contributed by atoms with Gasteiger partial charge in [0.05, 0.1) is 6.61 Å². The molecule has 0 fully saturated rings. The van der Waals surface area contributed by atoms with Gasteiger partial charge in [-0.1, -0.05) is 30.8 Å². The van der Waals surface area contributed by atoms with Gasteiger partial charge in [-0.25, -0.2) is 4.79 Å². The van der Waals surface area contributed by atoms with E-state index < -0.39 is 11.6 Å². The van der Waals surface area contributed by atoms with E-state index in [1.807, 2.05) is 52.0 Å². The van der Waals surface area contributed by atoms with Crippen LogP contribution in [-0.4, -0.2) is 46.0 Å². The molecule has 1 aromatic rings. The average molecular weight is 335 g/mol. The standard InChI is InChI=1S/C19H29NO4/c1-6-24-14(2)16-9-7-15(8-10-16)13-17(11-12-21)20(18(22)23)19(3,4)5/h7-10,17,21H,2,6,11-13H2,1,3-5H3,(H,22,23)/t17-/m1/s1. The molecule has 0 aromatic heterocycles. The SMILES string of the molecule is C=C(OCC)c1ccc(C[C@@H](CCO)N(C(=O)O)C(C)(C)C)cc1. The lowest BCUT2D eigenvalue weighted by Gasteiger charge is -2.39. The van der Waals surface area contributed by atoms with Crippen molar-refractivity contribution in [2.24, 2.45) is 0 Å². The minimum absolute atomic E-state index is 0.0518. The van der Waals surface area contributed by atoms with Crippen molar-refractivity contribution in [1.29, 1.82) is 0 Å². The molecule has 0 heterocycles. The number of amides is 1. The Balaban J connectivity index is 2.96. The Hall–Kier alpha value is -2.01. The van der Waals surface area contributed by atoms with E-state index in [1.165, 1.54) is 4.90 Å². The van der Waals surface area contributed by atoms with Gasteiger partial charge in [-0.05, 0) is 46.1 Å². The lowest BCUT2D eigenvalue weighted by molar-refractivity contribution is 0.0607. The molecule has 0 bridgehead atoms. The average Bonchev–Trinajstić information content (AvgIpc) is 2.46. The van der Waals surface area contributed by atoms with Gasteiger partial charge < -0.3 is 19.8 Å². The Morgan fingerprint density at radius 3 is 2.29 bits per heavy atom. The third-order valence-electron chi connectivity index (χ3n) is 3.82. The predicted octanol–water partition coefficient (Wildman–Crippen LogP) is 3.77. The van der Waals surface area contributed by atoms with Crippen LogP contribution >= 0.6 is 0 Å². The molecule has 0 saturated heterocycles. The highest BCUT2D eigenvalue weighted by atomic mass is 16.5. The molecule has 1 aromatic carbocycles. The summed E-state index contributed by atoms with van der Waals surface area (Å²) in [5.74, 6) is 0.623. The molecular formula is C19H29NO4. The van der Waals surface area contributed by atoms with Crippen molar-refractivity contribution < 1.29 is 19.7 Å². The number of carboxylic acid groups (broad SMARTS) is 1. The van der Waals surface area contributed by atoms with E-state index >= 15 is 0 Å². The second-order valence-electron chi connectivity index (χ2n) is 6.75. The van der Waals surface area contributed by atoms with Crippen LogP contribution in [0.3, 0.4) is 0 Å². The molecule has 2 N–H and O–H groups in total. The molecule has 1 rings (SSSR count).